The third kappa shape index (κ3) is 4.74. The molecule has 1 atom stereocenters. The van der Waals surface area contributed by atoms with Gasteiger partial charge in [0.1, 0.15) is 6.61 Å². The minimum absolute atomic E-state index is 0.228. The molecule has 0 saturated carbocycles. The largest absolute Gasteiger partial charge is 0.445 e. The van der Waals surface area contributed by atoms with E-state index in [1.54, 1.807) is 17.0 Å². The molecule has 2 aromatic rings. The molecule has 0 aromatic heterocycles. The third-order valence-electron chi connectivity index (χ3n) is 4.63. The van der Waals surface area contributed by atoms with Crippen molar-refractivity contribution in [3.63, 3.8) is 0 Å². The predicted molar refractivity (Wildman–Crippen MR) is 112 cm³/mol. The van der Waals surface area contributed by atoms with E-state index in [0.29, 0.717) is 18.1 Å². The van der Waals surface area contributed by atoms with Crippen molar-refractivity contribution in [2.45, 2.75) is 37.7 Å². The van der Waals surface area contributed by atoms with Crippen LogP contribution in [0.2, 0.25) is 5.02 Å². The maximum atomic E-state index is 12.7. The van der Waals surface area contributed by atoms with Crippen LogP contribution in [0.25, 0.3) is 0 Å². The van der Waals surface area contributed by atoms with Crippen molar-refractivity contribution in [1.82, 2.24) is 9.62 Å². The molecule has 1 saturated heterocycles. The Kier molecular flexibility index (Phi) is 6.12. The van der Waals surface area contributed by atoms with E-state index >= 15 is 0 Å². The molecule has 150 valence electrons. The van der Waals surface area contributed by atoms with Gasteiger partial charge < -0.3 is 9.64 Å². The number of hydrogen-bond acceptors (Lipinski definition) is 3. The summed E-state index contributed by atoms with van der Waals surface area (Å²) in [7, 11) is -1.28. The standard InChI is InChI=1S/C21H25ClN2O3S/c1-20(2,3)28(26)23-21(17-9-11-18(22)12-10-17)14-24(15-21)19(25)27-13-16-7-5-4-6-8-16/h4-12,23H,13-15H2,1-3H3. The smallest absolute Gasteiger partial charge is 0.410 e. The lowest BCUT2D eigenvalue weighted by atomic mass is 9.84. The fourth-order valence-corrected chi connectivity index (χ4v) is 3.98. The van der Waals surface area contributed by atoms with Crippen molar-refractivity contribution in [3.05, 3.63) is 70.7 Å². The molecule has 0 spiro atoms. The first-order chi connectivity index (χ1) is 13.2. The van der Waals surface area contributed by atoms with Gasteiger partial charge in [0.15, 0.2) is 0 Å². The maximum Gasteiger partial charge on any atom is 0.410 e. The van der Waals surface area contributed by atoms with Crippen molar-refractivity contribution >= 4 is 28.7 Å². The van der Waals surface area contributed by atoms with Gasteiger partial charge in [-0.1, -0.05) is 54.1 Å². The maximum absolute atomic E-state index is 12.7. The Morgan fingerprint density at radius 1 is 1.14 bits per heavy atom. The normalized spacial score (nSPS) is 16.9. The molecule has 1 aliphatic rings. The third-order valence-corrected chi connectivity index (χ3v) is 6.57. The number of nitrogens with one attached hydrogen (secondary N) is 1. The average molecular weight is 421 g/mol. The fourth-order valence-electron chi connectivity index (χ4n) is 2.95. The summed E-state index contributed by atoms with van der Waals surface area (Å²) in [4.78, 5) is 14.0. The van der Waals surface area contributed by atoms with Gasteiger partial charge in [0.05, 0.1) is 21.3 Å². The monoisotopic (exact) mass is 420 g/mol. The average Bonchev–Trinajstić information content (AvgIpc) is 2.63. The first-order valence-corrected chi connectivity index (χ1v) is 10.6. The first-order valence-electron chi connectivity index (χ1n) is 9.11. The van der Waals surface area contributed by atoms with Crippen molar-refractivity contribution in [2.24, 2.45) is 0 Å². The summed E-state index contributed by atoms with van der Waals surface area (Å²) < 4.78 is 21.0. The molecule has 1 fully saturated rings. The lowest BCUT2D eigenvalue weighted by Gasteiger charge is -2.50. The lowest BCUT2D eigenvalue weighted by molar-refractivity contribution is 0.0290. The Morgan fingerprint density at radius 3 is 2.32 bits per heavy atom. The molecule has 1 unspecified atom stereocenters. The Morgan fingerprint density at radius 2 is 1.75 bits per heavy atom. The number of nitrogens with zero attached hydrogens (tertiary/aromatic N) is 1. The van der Waals surface area contributed by atoms with Crippen LogP contribution >= 0.6 is 11.6 Å². The molecule has 1 aliphatic heterocycles. The highest BCUT2D eigenvalue weighted by Crippen LogP contribution is 2.34. The molecular weight excluding hydrogens is 396 g/mol. The molecule has 0 bridgehead atoms. The molecule has 3 rings (SSSR count). The van der Waals surface area contributed by atoms with Gasteiger partial charge in [-0.3, -0.25) is 0 Å². The Bertz CT molecular complexity index is 844. The quantitative estimate of drug-likeness (QED) is 0.787. The van der Waals surface area contributed by atoms with E-state index in [9.17, 15) is 9.00 Å². The summed E-state index contributed by atoms with van der Waals surface area (Å²) in [5.41, 5.74) is 1.29. The lowest BCUT2D eigenvalue weighted by Crippen LogP contribution is -2.69. The number of rotatable bonds is 5. The number of likely N-dealkylation sites (tertiary alicyclic amines) is 1. The molecule has 1 heterocycles. The van der Waals surface area contributed by atoms with Gasteiger partial charge in [-0.25, -0.2) is 13.7 Å². The van der Waals surface area contributed by atoms with Gasteiger partial charge in [0, 0.05) is 18.1 Å². The van der Waals surface area contributed by atoms with Gasteiger partial charge in [-0.05, 0) is 44.0 Å². The Labute approximate surface area is 173 Å². The highest BCUT2D eigenvalue weighted by Gasteiger charge is 2.49. The molecule has 0 aliphatic carbocycles. The number of carbonyl (C=O) groups excluding carboxylic acids is 1. The van der Waals surface area contributed by atoms with Crippen molar-refractivity contribution in [1.29, 1.82) is 0 Å². The zero-order chi connectivity index (χ0) is 20.4. The van der Waals surface area contributed by atoms with Gasteiger partial charge in [-0.15, -0.1) is 0 Å². The van der Waals surface area contributed by atoms with Crippen molar-refractivity contribution < 1.29 is 13.7 Å². The van der Waals surface area contributed by atoms with Crippen LogP contribution in [0.1, 0.15) is 31.9 Å². The van der Waals surface area contributed by atoms with Gasteiger partial charge in [0.25, 0.3) is 0 Å². The van der Waals surface area contributed by atoms with Crippen molar-refractivity contribution in [3.8, 4) is 0 Å². The molecule has 5 nitrogen and oxygen atoms in total. The van der Waals surface area contributed by atoms with E-state index in [0.717, 1.165) is 11.1 Å². The van der Waals surface area contributed by atoms with Crippen LogP contribution in [0, 0.1) is 0 Å². The second kappa shape index (κ2) is 8.23. The van der Waals surface area contributed by atoms with Crippen molar-refractivity contribution in [2.75, 3.05) is 13.1 Å². The zero-order valence-corrected chi connectivity index (χ0v) is 17.8. The minimum Gasteiger partial charge on any atom is -0.445 e. The molecule has 2 aromatic carbocycles. The highest BCUT2D eigenvalue weighted by atomic mass is 35.5. The van der Waals surface area contributed by atoms with Crippen LogP contribution in [0.15, 0.2) is 54.6 Å². The number of ether oxygens (including phenoxy) is 1. The van der Waals surface area contributed by atoms with Gasteiger partial charge in [0.2, 0.25) is 0 Å². The summed E-state index contributed by atoms with van der Waals surface area (Å²) in [5.74, 6) is 0. The Hall–Kier alpha value is -1.89. The van der Waals surface area contributed by atoms with Crippen LogP contribution < -0.4 is 4.72 Å². The fraction of sp³-hybridized carbons (Fsp3) is 0.381. The van der Waals surface area contributed by atoms with Crippen LogP contribution in [0.5, 0.6) is 0 Å². The van der Waals surface area contributed by atoms with Crippen LogP contribution in [0.3, 0.4) is 0 Å². The summed E-state index contributed by atoms with van der Waals surface area (Å²) >= 11 is 6.01. The summed E-state index contributed by atoms with van der Waals surface area (Å²) in [6, 6.07) is 17.0. The Balaban J connectivity index is 1.69. The second-order valence-electron chi connectivity index (χ2n) is 7.97. The first kappa shape index (κ1) is 20.8. The van der Waals surface area contributed by atoms with E-state index < -0.39 is 21.3 Å². The predicted octanol–water partition coefficient (Wildman–Crippen LogP) is 4.24. The summed E-state index contributed by atoms with van der Waals surface area (Å²) in [6.45, 7) is 6.72. The molecule has 1 N–H and O–H groups in total. The van der Waals surface area contributed by atoms with E-state index in [1.165, 1.54) is 0 Å². The van der Waals surface area contributed by atoms with E-state index in [-0.39, 0.29) is 12.7 Å². The van der Waals surface area contributed by atoms with Crippen LogP contribution in [0.4, 0.5) is 4.79 Å². The zero-order valence-electron chi connectivity index (χ0n) is 16.3. The highest BCUT2D eigenvalue weighted by molar-refractivity contribution is 7.84. The van der Waals surface area contributed by atoms with Gasteiger partial charge in [-0.2, -0.15) is 0 Å². The molecular formula is C21H25ClN2O3S. The topological polar surface area (TPSA) is 58.6 Å². The number of amides is 1. The van der Waals surface area contributed by atoms with E-state index in [4.69, 9.17) is 16.3 Å². The van der Waals surface area contributed by atoms with E-state index in [1.807, 2.05) is 63.2 Å². The van der Waals surface area contributed by atoms with E-state index in [2.05, 4.69) is 4.72 Å². The van der Waals surface area contributed by atoms with Crippen LogP contribution in [-0.2, 0) is 27.9 Å². The molecule has 0 radical (unpaired) electrons. The second-order valence-corrected chi connectivity index (χ2v) is 10.4. The van der Waals surface area contributed by atoms with Crippen LogP contribution in [-0.4, -0.2) is 33.0 Å². The molecule has 28 heavy (non-hydrogen) atoms. The number of carbonyl (C=O) groups is 1. The van der Waals surface area contributed by atoms with Gasteiger partial charge >= 0.3 is 6.09 Å². The number of benzene rings is 2. The summed E-state index contributed by atoms with van der Waals surface area (Å²) in [6.07, 6.45) is -0.378. The minimum atomic E-state index is -1.28. The summed E-state index contributed by atoms with van der Waals surface area (Å²) in [5, 5.41) is 0.634. The number of halogens is 1. The molecule has 1 amide bonds. The SMILES string of the molecule is CC(C)(C)S(=O)NC1(c2ccc(Cl)cc2)CN(C(=O)OCc2ccccc2)C1. The molecule has 7 heteroatoms. The number of hydrogen-bond donors (Lipinski definition) is 1.